The average molecular weight is 495 g/mol. The summed E-state index contributed by atoms with van der Waals surface area (Å²) in [5.74, 6) is -2.61. The predicted molar refractivity (Wildman–Crippen MR) is 130 cm³/mol. The van der Waals surface area contributed by atoms with E-state index in [9.17, 15) is 24.6 Å². The zero-order chi connectivity index (χ0) is 25.3. The molecule has 0 radical (unpaired) electrons. The van der Waals surface area contributed by atoms with E-state index in [1.807, 2.05) is 0 Å². The molecule has 2 aromatic carbocycles. The highest BCUT2D eigenvalue weighted by molar-refractivity contribution is 7.07. The summed E-state index contributed by atoms with van der Waals surface area (Å²) in [5.41, 5.74) is 6.93. The number of aromatic nitrogens is 1. The highest BCUT2D eigenvalue weighted by atomic mass is 32.1. The fraction of sp³-hybridized carbons (Fsp3) is 0.160. The molecule has 180 valence electrons. The molecule has 0 amide bonds. The second-order valence-electron chi connectivity index (χ2n) is 7.60. The van der Waals surface area contributed by atoms with Gasteiger partial charge in [-0.3, -0.25) is 9.36 Å². The van der Waals surface area contributed by atoms with Crippen LogP contribution in [0.4, 0.5) is 0 Å². The normalized spacial score (nSPS) is 15.7. The number of hydrogen-bond donors (Lipinski definition) is 3. The first kappa shape index (κ1) is 23.8. The topological polar surface area (TPSA) is 141 Å². The van der Waals surface area contributed by atoms with Crippen molar-refractivity contribution in [3.8, 4) is 11.5 Å². The van der Waals surface area contributed by atoms with E-state index in [0.29, 0.717) is 11.1 Å². The molecule has 1 atom stereocenters. The van der Waals surface area contributed by atoms with Crippen LogP contribution in [0.2, 0.25) is 0 Å². The van der Waals surface area contributed by atoms with Gasteiger partial charge < -0.3 is 25.4 Å². The van der Waals surface area contributed by atoms with Crippen LogP contribution < -0.4 is 20.5 Å². The van der Waals surface area contributed by atoms with Gasteiger partial charge in [-0.2, -0.15) is 0 Å². The van der Waals surface area contributed by atoms with Gasteiger partial charge >= 0.3 is 11.9 Å². The Balaban J connectivity index is 2.11. The van der Waals surface area contributed by atoms with Crippen molar-refractivity contribution in [3.63, 3.8) is 0 Å². The molecule has 0 aliphatic carbocycles. The lowest BCUT2D eigenvalue weighted by atomic mass is 9.83. The van der Waals surface area contributed by atoms with Crippen LogP contribution in [0.15, 0.2) is 58.9 Å². The molecular formula is C25H22N2O7S. The minimum Gasteiger partial charge on any atom is -0.508 e. The second-order valence-corrected chi connectivity index (χ2v) is 8.63. The van der Waals surface area contributed by atoms with Gasteiger partial charge in [0.15, 0.2) is 0 Å². The van der Waals surface area contributed by atoms with Crippen molar-refractivity contribution >= 4 is 40.7 Å². The number of thiazole rings is 1. The zero-order valence-corrected chi connectivity index (χ0v) is 19.7. The highest BCUT2D eigenvalue weighted by Crippen LogP contribution is 2.38. The van der Waals surface area contributed by atoms with Gasteiger partial charge in [0.25, 0.3) is 5.56 Å². The monoisotopic (exact) mass is 494 g/mol. The fourth-order valence-electron chi connectivity index (χ4n) is 3.89. The lowest BCUT2D eigenvalue weighted by Gasteiger charge is -2.26. The number of carbonyl (C=O) groups is 2. The SMILES string of the molecule is CCOC(=O)C1=c2s/c(=C/c3ccc(O)cc3)c(=O)n2C(N)=C(C(=O)OC)C1c1ccc(O)cc1. The molecule has 4 N–H and O–H groups in total. The third-order valence-corrected chi connectivity index (χ3v) is 6.57. The lowest BCUT2D eigenvalue weighted by molar-refractivity contribution is -0.136. The first-order valence-electron chi connectivity index (χ1n) is 10.6. The van der Waals surface area contributed by atoms with Gasteiger partial charge in [0.05, 0.1) is 35.3 Å². The van der Waals surface area contributed by atoms with E-state index in [-0.39, 0.29) is 44.3 Å². The van der Waals surface area contributed by atoms with Crippen molar-refractivity contribution in [2.24, 2.45) is 5.73 Å². The number of aromatic hydroxyl groups is 2. The number of fused-ring (bicyclic) bond motifs is 1. The number of ether oxygens (including phenoxy) is 2. The van der Waals surface area contributed by atoms with Crippen LogP contribution in [0.5, 0.6) is 11.5 Å². The third-order valence-electron chi connectivity index (χ3n) is 5.47. The van der Waals surface area contributed by atoms with Gasteiger partial charge in [0.1, 0.15) is 22.0 Å². The average Bonchev–Trinajstić information content (AvgIpc) is 3.16. The quantitative estimate of drug-likeness (QED) is 0.446. The summed E-state index contributed by atoms with van der Waals surface area (Å²) in [4.78, 5) is 39.5. The Morgan fingerprint density at radius 3 is 2.20 bits per heavy atom. The number of esters is 2. The smallest absolute Gasteiger partial charge is 0.338 e. The van der Waals surface area contributed by atoms with E-state index in [4.69, 9.17) is 15.2 Å². The molecule has 0 spiro atoms. The van der Waals surface area contributed by atoms with Crippen molar-refractivity contribution in [2.45, 2.75) is 12.8 Å². The standard InChI is InChI=1S/C25H22N2O7S/c1-3-34-25(32)20-18(14-6-10-16(29)11-7-14)19(24(31)33-2)21(26)27-22(30)17(35-23(20)27)12-13-4-8-15(28)9-5-13/h4-12,18,28-29H,3,26H2,1-2H3/b17-12+. The Morgan fingerprint density at radius 1 is 1.03 bits per heavy atom. The summed E-state index contributed by atoms with van der Waals surface area (Å²) < 4.78 is 11.9. The van der Waals surface area contributed by atoms with Crippen LogP contribution in [0.3, 0.4) is 0 Å². The molecule has 35 heavy (non-hydrogen) atoms. The number of carbonyl (C=O) groups excluding carboxylic acids is 2. The number of methoxy groups -OCH3 is 1. The van der Waals surface area contributed by atoms with Gasteiger partial charge in [-0.05, 0) is 48.4 Å². The van der Waals surface area contributed by atoms with Crippen molar-refractivity contribution in [2.75, 3.05) is 13.7 Å². The van der Waals surface area contributed by atoms with Crippen LogP contribution >= 0.6 is 11.3 Å². The molecule has 0 bridgehead atoms. The Hall–Kier alpha value is -4.31. The van der Waals surface area contributed by atoms with Crippen LogP contribution in [-0.2, 0) is 19.1 Å². The molecule has 1 aromatic heterocycles. The van der Waals surface area contributed by atoms with Crippen LogP contribution in [0.25, 0.3) is 17.5 Å². The van der Waals surface area contributed by atoms with Crippen molar-refractivity contribution in [1.29, 1.82) is 0 Å². The predicted octanol–water partition coefficient (Wildman–Crippen LogP) is 0.961. The molecule has 1 unspecified atom stereocenters. The summed E-state index contributed by atoms with van der Waals surface area (Å²) in [7, 11) is 1.18. The number of phenolic OH excluding ortho intramolecular Hbond substituents is 2. The second kappa shape index (κ2) is 9.51. The van der Waals surface area contributed by atoms with Gasteiger partial charge in [-0.1, -0.05) is 24.3 Å². The number of hydrogen-bond acceptors (Lipinski definition) is 9. The Kier molecular flexibility index (Phi) is 6.48. The molecule has 0 saturated carbocycles. The van der Waals surface area contributed by atoms with E-state index in [1.54, 1.807) is 37.3 Å². The van der Waals surface area contributed by atoms with E-state index >= 15 is 0 Å². The largest absolute Gasteiger partial charge is 0.508 e. The Morgan fingerprint density at radius 2 is 1.63 bits per heavy atom. The van der Waals surface area contributed by atoms with Crippen LogP contribution in [0.1, 0.15) is 24.0 Å². The number of benzene rings is 2. The first-order chi connectivity index (χ1) is 16.8. The molecular weight excluding hydrogens is 472 g/mol. The summed E-state index contributed by atoms with van der Waals surface area (Å²) in [6.45, 7) is 1.72. The molecule has 1 aliphatic rings. The molecule has 2 heterocycles. The zero-order valence-electron chi connectivity index (χ0n) is 18.8. The van der Waals surface area contributed by atoms with Crippen molar-refractivity contribution in [1.82, 2.24) is 4.57 Å². The maximum Gasteiger partial charge on any atom is 0.338 e. The molecule has 9 nitrogen and oxygen atoms in total. The van der Waals surface area contributed by atoms with E-state index < -0.39 is 23.4 Å². The molecule has 1 aliphatic heterocycles. The summed E-state index contributed by atoms with van der Waals surface area (Å²) in [6.07, 6.45) is 1.60. The molecule has 0 saturated heterocycles. The summed E-state index contributed by atoms with van der Waals surface area (Å²) >= 11 is 1.03. The van der Waals surface area contributed by atoms with Gasteiger partial charge in [0, 0.05) is 0 Å². The van der Waals surface area contributed by atoms with Crippen LogP contribution in [0, 0.1) is 0 Å². The van der Waals surface area contributed by atoms with Crippen molar-refractivity contribution in [3.05, 3.63) is 84.8 Å². The minimum absolute atomic E-state index is 0.00219. The molecule has 10 heteroatoms. The van der Waals surface area contributed by atoms with Gasteiger partial charge in [-0.25, -0.2) is 9.59 Å². The van der Waals surface area contributed by atoms with Crippen LogP contribution in [-0.4, -0.2) is 40.4 Å². The first-order valence-corrected chi connectivity index (χ1v) is 11.4. The minimum atomic E-state index is -0.998. The van der Waals surface area contributed by atoms with Gasteiger partial charge in [0.2, 0.25) is 0 Å². The van der Waals surface area contributed by atoms with Crippen molar-refractivity contribution < 1.29 is 29.3 Å². The maximum absolute atomic E-state index is 13.4. The third kappa shape index (κ3) is 4.31. The number of rotatable bonds is 5. The lowest BCUT2D eigenvalue weighted by Crippen LogP contribution is -2.41. The van der Waals surface area contributed by atoms with E-state index in [1.165, 1.54) is 31.4 Å². The Labute approximate surface area is 203 Å². The van der Waals surface area contributed by atoms with E-state index in [2.05, 4.69) is 0 Å². The summed E-state index contributed by atoms with van der Waals surface area (Å²) in [6, 6.07) is 12.2. The summed E-state index contributed by atoms with van der Waals surface area (Å²) in [5, 5.41) is 19.3. The molecule has 3 aromatic rings. The fourth-order valence-corrected chi connectivity index (χ4v) is 5.05. The number of nitrogens with zero attached hydrogens (tertiary/aromatic N) is 1. The van der Waals surface area contributed by atoms with E-state index in [0.717, 1.165) is 15.9 Å². The van der Waals surface area contributed by atoms with Gasteiger partial charge in [-0.15, -0.1) is 11.3 Å². The highest BCUT2D eigenvalue weighted by Gasteiger charge is 2.39. The number of phenols is 2. The molecule has 4 rings (SSSR count). The number of nitrogens with two attached hydrogens (primary N) is 1. The maximum atomic E-state index is 13.4. The molecule has 0 fully saturated rings. The Bertz CT molecular complexity index is 1510.